The highest BCUT2D eigenvalue weighted by Gasteiger charge is 2.14. The minimum absolute atomic E-state index is 0.0551. The van der Waals surface area contributed by atoms with Crippen LogP contribution in [0.4, 0.5) is 4.79 Å². The molecule has 0 aliphatic heterocycles. The van der Waals surface area contributed by atoms with Gasteiger partial charge in [-0.05, 0) is 19.1 Å². The minimum atomic E-state index is -0.0551. The van der Waals surface area contributed by atoms with Crippen LogP contribution in [-0.2, 0) is 0 Å². The Morgan fingerprint density at radius 2 is 1.93 bits per heavy atom. The molecule has 0 bridgehead atoms. The Morgan fingerprint density at radius 3 is 2.21 bits per heavy atom. The predicted molar refractivity (Wildman–Crippen MR) is 59.9 cm³/mol. The van der Waals surface area contributed by atoms with Gasteiger partial charge < -0.3 is 4.90 Å². The number of amides is 2. The highest BCUT2D eigenvalue weighted by Crippen LogP contribution is 2.07. The summed E-state index contributed by atoms with van der Waals surface area (Å²) in [6.07, 6.45) is 5.05. The molecule has 0 saturated carbocycles. The standard InChI is InChI=1S/C11H18N2O/c1-6-9-10(7-2)13(8-3)11(14)12(4)5/h6-7,9H,1-2,8H2,3-5H3/b10-9+. The van der Waals surface area contributed by atoms with Crippen LogP contribution in [0, 0.1) is 0 Å². The Balaban J connectivity index is 4.86. The van der Waals surface area contributed by atoms with Gasteiger partial charge in [-0.1, -0.05) is 19.2 Å². The Hall–Kier alpha value is -1.51. The fourth-order valence-corrected chi connectivity index (χ4v) is 1.06. The fourth-order valence-electron chi connectivity index (χ4n) is 1.06. The first-order valence-electron chi connectivity index (χ1n) is 4.52. The van der Waals surface area contributed by atoms with Crippen LogP contribution in [0.1, 0.15) is 6.92 Å². The van der Waals surface area contributed by atoms with Crippen molar-refractivity contribution in [3.63, 3.8) is 0 Å². The third-order valence-electron chi connectivity index (χ3n) is 1.74. The van der Waals surface area contributed by atoms with Gasteiger partial charge in [-0.3, -0.25) is 4.90 Å². The Bertz CT molecular complexity index is 254. The van der Waals surface area contributed by atoms with Gasteiger partial charge in [0.1, 0.15) is 0 Å². The topological polar surface area (TPSA) is 23.6 Å². The van der Waals surface area contributed by atoms with E-state index in [9.17, 15) is 4.79 Å². The SMILES string of the molecule is C=C/C=C(\C=C)N(CC)C(=O)N(C)C. The van der Waals surface area contributed by atoms with Crippen molar-refractivity contribution < 1.29 is 4.79 Å². The summed E-state index contributed by atoms with van der Waals surface area (Å²) in [5.41, 5.74) is 0.765. The van der Waals surface area contributed by atoms with E-state index in [0.29, 0.717) is 6.54 Å². The van der Waals surface area contributed by atoms with Crippen LogP contribution in [0.3, 0.4) is 0 Å². The second-order valence-corrected chi connectivity index (χ2v) is 2.95. The van der Waals surface area contributed by atoms with Crippen molar-refractivity contribution in [2.75, 3.05) is 20.6 Å². The highest BCUT2D eigenvalue weighted by molar-refractivity contribution is 5.76. The van der Waals surface area contributed by atoms with Crippen molar-refractivity contribution in [2.24, 2.45) is 0 Å². The van der Waals surface area contributed by atoms with Crippen molar-refractivity contribution in [1.82, 2.24) is 9.80 Å². The number of urea groups is 1. The molecule has 0 unspecified atom stereocenters. The first kappa shape index (κ1) is 12.5. The molecule has 0 radical (unpaired) electrons. The first-order chi connectivity index (χ1) is 6.58. The van der Waals surface area contributed by atoms with Crippen LogP contribution in [-0.4, -0.2) is 36.5 Å². The molecule has 0 N–H and O–H groups in total. The van der Waals surface area contributed by atoms with E-state index in [4.69, 9.17) is 0 Å². The van der Waals surface area contributed by atoms with E-state index in [1.165, 1.54) is 4.90 Å². The summed E-state index contributed by atoms with van der Waals surface area (Å²) in [6.45, 7) is 9.79. The smallest absolute Gasteiger partial charge is 0.323 e. The molecule has 3 nitrogen and oxygen atoms in total. The molecule has 0 heterocycles. The molecule has 0 aromatic carbocycles. The van der Waals surface area contributed by atoms with Gasteiger partial charge in [0.15, 0.2) is 0 Å². The maximum Gasteiger partial charge on any atom is 0.323 e. The van der Waals surface area contributed by atoms with Gasteiger partial charge >= 0.3 is 6.03 Å². The lowest BCUT2D eigenvalue weighted by molar-refractivity contribution is 0.187. The van der Waals surface area contributed by atoms with Crippen LogP contribution in [0.5, 0.6) is 0 Å². The van der Waals surface area contributed by atoms with Crippen molar-refractivity contribution in [3.05, 3.63) is 37.1 Å². The third-order valence-corrected chi connectivity index (χ3v) is 1.74. The second kappa shape index (κ2) is 6.02. The summed E-state index contributed by atoms with van der Waals surface area (Å²) in [5, 5.41) is 0. The third kappa shape index (κ3) is 3.09. The molecule has 0 saturated heterocycles. The van der Waals surface area contributed by atoms with Crippen LogP contribution in [0.25, 0.3) is 0 Å². The largest absolute Gasteiger partial charge is 0.330 e. The van der Waals surface area contributed by atoms with E-state index in [1.807, 2.05) is 6.92 Å². The molecular formula is C11H18N2O. The maximum absolute atomic E-state index is 11.7. The number of hydrogen-bond acceptors (Lipinski definition) is 1. The summed E-state index contributed by atoms with van der Waals surface area (Å²) in [7, 11) is 3.44. The van der Waals surface area contributed by atoms with Crippen molar-refractivity contribution in [1.29, 1.82) is 0 Å². The number of hydrogen-bond donors (Lipinski definition) is 0. The zero-order valence-corrected chi connectivity index (χ0v) is 9.16. The van der Waals surface area contributed by atoms with Gasteiger partial charge in [-0.2, -0.15) is 0 Å². The molecule has 0 atom stereocenters. The number of allylic oxidation sites excluding steroid dienone is 3. The van der Waals surface area contributed by atoms with E-state index in [1.54, 1.807) is 37.2 Å². The summed E-state index contributed by atoms with van der Waals surface area (Å²) < 4.78 is 0. The number of likely N-dealkylation sites (N-methyl/N-ethyl adjacent to an activating group) is 1. The fraction of sp³-hybridized carbons (Fsp3) is 0.364. The summed E-state index contributed by atoms with van der Waals surface area (Å²) in [5.74, 6) is 0. The monoisotopic (exact) mass is 194 g/mol. The van der Waals surface area contributed by atoms with Gasteiger partial charge in [0.2, 0.25) is 0 Å². The zero-order valence-electron chi connectivity index (χ0n) is 9.16. The first-order valence-corrected chi connectivity index (χ1v) is 4.52. The molecule has 0 spiro atoms. The molecule has 3 heteroatoms. The van der Waals surface area contributed by atoms with Crippen LogP contribution in [0.2, 0.25) is 0 Å². The average molecular weight is 194 g/mol. The normalized spacial score (nSPS) is 10.6. The number of rotatable bonds is 4. The van der Waals surface area contributed by atoms with Crippen molar-refractivity contribution in [3.8, 4) is 0 Å². The van der Waals surface area contributed by atoms with E-state index in [-0.39, 0.29) is 6.03 Å². The van der Waals surface area contributed by atoms with Gasteiger partial charge in [-0.25, -0.2) is 4.79 Å². The van der Waals surface area contributed by atoms with E-state index < -0.39 is 0 Å². The number of carbonyl (C=O) groups excluding carboxylic acids is 1. The van der Waals surface area contributed by atoms with Gasteiger partial charge in [0, 0.05) is 26.3 Å². The molecule has 0 aromatic rings. The average Bonchev–Trinajstić information content (AvgIpc) is 2.17. The summed E-state index contributed by atoms with van der Waals surface area (Å²) >= 11 is 0. The summed E-state index contributed by atoms with van der Waals surface area (Å²) in [6, 6.07) is -0.0551. The molecule has 0 fully saturated rings. The predicted octanol–water partition coefficient (Wildman–Crippen LogP) is 2.25. The molecule has 0 aliphatic rings. The minimum Gasteiger partial charge on any atom is -0.330 e. The molecule has 0 aliphatic carbocycles. The van der Waals surface area contributed by atoms with Gasteiger partial charge in [0.25, 0.3) is 0 Å². The second-order valence-electron chi connectivity index (χ2n) is 2.95. The van der Waals surface area contributed by atoms with E-state index >= 15 is 0 Å². The molecule has 0 rings (SSSR count). The highest BCUT2D eigenvalue weighted by atomic mass is 16.2. The summed E-state index contributed by atoms with van der Waals surface area (Å²) in [4.78, 5) is 14.8. The van der Waals surface area contributed by atoms with Gasteiger partial charge in [-0.15, -0.1) is 0 Å². The zero-order chi connectivity index (χ0) is 11.1. The van der Waals surface area contributed by atoms with Crippen LogP contribution >= 0.6 is 0 Å². The molecule has 14 heavy (non-hydrogen) atoms. The lowest BCUT2D eigenvalue weighted by Gasteiger charge is -2.25. The molecule has 0 aromatic heterocycles. The van der Waals surface area contributed by atoms with E-state index in [2.05, 4.69) is 13.2 Å². The number of nitrogens with zero attached hydrogens (tertiary/aromatic N) is 2. The Kier molecular flexibility index (Phi) is 5.37. The van der Waals surface area contributed by atoms with Crippen LogP contribution in [0.15, 0.2) is 37.1 Å². The van der Waals surface area contributed by atoms with Gasteiger partial charge in [0.05, 0.1) is 0 Å². The lowest BCUT2D eigenvalue weighted by Crippen LogP contribution is -2.37. The van der Waals surface area contributed by atoms with E-state index in [0.717, 1.165) is 5.70 Å². The lowest BCUT2D eigenvalue weighted by atomic mass is 10.3. The molecular weight excluding hydrogens is 176 g/mol. The number of carbonyl (C=O) groups is 1. The molecule has 2 amide bonds. The van der Waals surface area contributed by atoms with Crippen LogP contribution < -0.4 is 0 Å². The van der Waals surface area contributed by atoms with Crippen molar-refractivity contribution >= 4 is 6.03 Å². The molecule has 78 valence electrons. The quantitative estimate of drug-likeness (QED) is 0.630. The Labute approximate surface area is 86.0 Å². The maximum atomic E-state index is 11.7. The Morgan fingerprint density at radius 1 is 1.36 bits per heavy atom. The van der Waals surface area contributed by atoms with Crippen molar-refractivity contribution in [2.45, 2.75) is 6.92 Å².